The fourth-order valence-corrected chi connectivity index (χ4v) is 3.31. The Morgan fingerprint density at radius 1 is 1.27 bits per heavy atom. The van der Waals surface area contributed by atoms with Crippen LogP contribution in [0.5, 0.6) is 0 Å². The molecule has 0 amide bonds. The van der Waals surface area contributed by atoms with E-state index in [0.29, 0.717) is 0 Å². The summed E-state index contributed by atoms with van der Waals surface area (Å²) >= 11 is 0. The molecule has 3 fully saturated rings. The van der Waals surface area contributed by atoms with Gasteiger partial charge in [0.1, 0.15) is 0 Å². The summed E-state index contributed by atoms with van der Waals surface area (Å²) in [5.74, 6) is 0.931. The summed E-state index contributed by atoms with van der Waals surface area (Å²) < 4.78 is 0. The van der Waals surface area contributed by atoms with Crippen molar-refractivity contribution < 1.29 is 0 Å². The van der Waals surface area contributed by atoms with Crippen LogP contribution in [0.3, 0.4) is 0 Å². The molecule has 86 valence electrons. The normalized spacial score (nSPS) is 39.0. The van der Waals surface area contributed by atoms with Crippen LogP contribution in [0.15, 0.2) is 0 Å². The first-order chi connectivity index (χ1) is 7.33. The quantitative estimate of drug-likeness (QED) is 0.709. The van der Waals surface area contributed by atoms with Crippen molar-refractivity contribution in [2.24, 2.45) is 5.92 Å². The predicted octanol–water partition coefficient (Wildman–Crippen LogP) is 0.374. The smallest absolute Gasteiger partial charge is 0.0224 e. The zero-order valence-corrected chi connectivity index (χ0v) is 9.78. The molecular formula is C12H23N3. The SMILES string of the molecule is CC1CN2CCCC2CN1CC1CNC1. The Balaban J connectivity index is 1.58. The van der Waals surface area contributed by atoms with Crippen LogP contribution >= 0.6 is 0 Å². The van der Waals surface area contributed by atoms with Gasteiger partial charge < -0.3 is 5.32 Å². The molecule has 3 aliphatic rings. The molecule has 3 rings (SSSR count). The van der Waals surface area contributed by atoms with Crippen molar-refractivity contribution in [2.75, 3.05) is 39.3 Å². The van der Waals surface area contributed by atoms with E-state index >= 15 is 0 Å². The molecule has 0 spiro atoms. The third-order valence-corrected chi connectivity index (χ3v) is 4.43. The fourth-order valence-electron chi connectivity index (χ4n) is 3.31. The number of piperazine rings is 1. The van der Waals surface area contributed by atoms with Crippen LogP contribution < -0.4 is 5.32 Å². The van der Waals surface area contributed by atoms with Gasteiger partial charge in [-0.15, -0.1) is 0 Å². The first-order valence-electron chi connectivity index (χ1n) is 6.52. The molecule has 0 aliphatic carbocycles. The summed E-state index contributed by atoms with van der Waals surface area (Å²) in [6, 6.07) is 1.66. The minimum Gasteiger partial charge on any atom is -0.316 e. The van der Waals surface area contributed by atoms with Crippen LogP contribution in [-0.2, 0) is 0 Å². The second kappa shape index (κ2) is 4.04. The third-order valence-electron chi connectivity index (χ3n) is 4.43. The van der Waals surface area contributed by atoms with Crippen molar-refractivity contribution in [2.45, 2.75) is 31.8 Å². The largest absolute Gasteiger partial charge is 0.316 e. The molecule has 0 aromatic heterocycles. The Hall–Kier alpha value is -0.120. The van der Waals surface area contributed by atoms with E-state index in [1.807, 2.05) is 0 Å². The number of hydrogen-bond donors (Lipinski definition) is 1. The zero-order chi connectivity index (χ0) is 10.3. The summed E-state index contributed by atoms with van der Waals surface area (Å²) in [4.78, 5) is 5.44. The van der Waals surface area contributed by atoms with Crippen LogP contribution in [0.2, 0.25) is 0 Å². The van der Waals surface area contributed by atoms with Gasteiger partial charge in [-0.1, -0.05) is 0 Å². The van der Waals surface area contributed by atoms with Crippen molar-refractivity contribution in [3.05, 3.63) is 0 Å². The highest BCUT2D eigenvalue weighted by molar-refractivity contribution is 4.92. The summed E-state index contributed by atoms with van der Waals surface area (Å²) in [6.45, 7) is 10.2. The predicted molar refractivity (Wildman–Crippen MR) is 62.0 cm³/mol. The Morgan fingerprint density at radius 3 is 2.87 bits per heavy atom. The molecule has 3 nitrogen and oxygen atoms in total. The Bertz CT molecular complexity index is 227. The molecule has 0 saturated carbocycles. The first kappa shape index (κ1) is 10.1. The monoisotopic (exact) mass is 209 g/mol. The van der Waals surface area contributed by atoms with Crippen molar-refractivity contribution in [3.8, 4) is 0 Å². The highest BCUT2D eigenvalue weighted by Crippen LogP contribution is 2.25. The van der Waals surface area contributed by atoms with Gasteiger partial charge in [-0.3, -0.25) is 9.80 Å². The average Bonchev–Trinajstić information content (AvgIpc) is 2.58. The van der Waals surface area contributed by atoms with Gasteiger partial charge in [-0.2, -0.15) is 0 Å². The van der Waals surface area contributed by atoms with E-state index in [0.717, 1.165) is 18.0 Å². The Labute approximate surface area is 92.8 Å². The standard InChI is InChI=1S/C12H23N3/c1-10-7-14-4-2-3-12(14)9-15(10)8-11-5-13-6-11/h10-13H,2-9H2,1H3. The maximum atomic E-state index is 3.37. The fraction of sp³-hybridized carbons (Fsp3) is 1.00. The summed E-state index contributed by atoms with van der Waals surface area (Å²) in [5, 5.41) is 3.37. The van der Waals surface area contributed by atoms with Crippen LogP contribution in [0, 0.1) is 5.92 Å². The summed E-state index contributed by atoms with van der Waals surface area (Å²) in [6.07, 6.45) is 2.86. The number of hydrogen-bond acceptors (Lipinski definition) is 3. The minimum atomic E-state index is 0.778. The Kier molecular flexibility index (Phi) is 2.71. The molecule has 0 bridgehead atoms. The molecule has 0 aromatic carbocycles. The van der Waals surface area contributed by atoms with Crippen LogP contribution in [-0.4, -0.2) is 61.2 Å². The first-order valence-corrected chi connectivity index (χ1v) is 6.52. The number of fused-ring (bicyclic) bond motifs is 1. The number of nitrogens with one attached hydrogen (secondary N) is 1. The maximum Gasteiger partial charge on any atom is 0.0224 e. The van der Waals surface area contributed by atoms with E-state index < -0.39 is 0 Å². The zero-order valence-electron chi connectivity index (χ0n) is 9.78. The lowest BCUT2D eigenvalue weighted by molar-refractivity contribution is 0.0415. The van der Waals surface area contributed by atoms with Crippen molar-refractivity contribution in [1.29, 1.82) is 0 Å². The summed E-state index contributed by atoms with van der Waals surface area (Å²) in [5.41, 5.74) is 0. The van der Waals surface area contributed by atoms with E-state index in [4.69, 9.17) is 0 Å². The van der Waals surface area contributed by atoms with Crippen molar-refractivity contribution in [3.63, 3.8) is 0 Å². The average molecular weight is 209 g/mol. The van der Waals surface area contributed by atoms with E-state index in [1.165, 1.54) is 52.1 Å². The lowest BCUT2D eigenvalue weighted by atomic mass is 10.00. The molecule has 2 atom stereocenters. The van der Waals surface area contributed by atoms with Gasteiger partial charge in [0.05, 0.1) is 0 Å². The van der Waals surface area contributed by atoms with E-state index in [9.17, 15) is 0 Å². The van der Waals surface area contributed by atoms with E-state index in [2.05, 4.69) is 22.0 Å². The number of nitrogens with zero attached hydrogens (tertiary/aromatic N) is 2. The van der Waals surface area contributed by atoms with Gasteiger partial charge in [-0.25, -0.2) is 0 Å². The molecule has 3 heterocycles. The van der Waals surface area contributed by atoms with Crippen molar-refractivity contribution in [1.82, 2.24) is 15.1 Å². The minimum absolute atomic E-state index is 0.778. The van der Waals surface area contributed by atoms with Crippen LogP contribution in [0.25, 0.3) is 0 Å². The molecule has 15 heavy (non-hydrogen) atoms. The van der Waals surface area contributed by atoms with Gasteiger partial charge in [0, 0.05) is 44.8 Å². The Morgan fingerprint density at radius 2 is 2.13 bits per heavy atom. The van der Waals surface area contributed by atoms with Gasteiger partial charge in [0.25, 0.3) is 0 Å². The van der Waals surface area contributed by atoms with Crippen LogP contribution in [0.4, 0.5) is 0 Å². The van der Waals surface area contributed by atoms with Gasteiger partial charge in [-0.05, 0) is 32.2 Å². The maximum absolute atomic E-state index is 3.37. The third kappa shape index (κ3) is 1.93. The van der Waals surface area contributed by atoms with Gasteiger partial charge in [0.15, 0.2) is 0 Å². The molecule has 3 aliphatic heterocycles. The lowest BCUT2D eigenvalue weighted by Gasteiger charge is -2.45. The van der Waals surface area contributed by atoms with Crippen molar-refractivity contribution >= 4 is 0 Å². The summed E-state index contributed by atoms with van der Waals surface area (Å²) in [7, 11) is 0. The van der Waals surface area contributed by atoms with E-state index in [-0.39, 0.29) is 0 Å². The molecular weight excluding hydrogens is 186 g/mol. The highest BCUT2D eigenvalue weighted by atomic mass is 15.3. The topological polar surface area (TPSA) is 18.5 Å². The van der Waals surface area contributed by atoms with Crippen LogP contribution in [0.1, 0.15) is 19.8 Å². The second-order valence-electron chi connectivity index (χ2n) is 5.62. The molecule has 3 saturated heterocycles. The molecule has 3 heteroatoms. The van der Waals surface area contributed by atoms with Gasteiger partial charge >= 0.3 is 0 Å². The molecule has 1 N–H and O–H groups in total. The van der Waals surface area contributed by atoms with E-state index in [1.54, 1.807) is 0 Å². The molecule has 2 unspecified atom stereocenters. The second-order valence-corrected chi connectivity index (χ2v) is 5.62. The number of rotatable bonds is 2. The lowest BCUT2D eigenvalue weighted by Crippen LogP contribution is -2.58. The highest BCUT2D eigenvalue weighted by Gasteiger charge is 2.35. The van der Waals surface area contributed by atoms with Gasteiger partial charge in [0.2, 0.25) is 0 Å². The molecule has 0 radical (unpaired) electrons. The molecule has 0 aromatic rings.